The molecule has 1 aliphatic heterocycles. The van der Waals surface area contributed by atoms with E-state index in [1.165, 1.54) is 19.3 Å². The van der Waals surface area contributed by atoms with Crippen molar-refractivity contribution in [2.75, 3.05) is 18.4 Å². The second kappa shape index (κ2) is 10.4. The van der Waals surface area contributed by atoms with Crippen molar-refractivity contribution < 1.29 is 5.11 Å². The van der Waals surface area contributed by atoms with Crippen LogP contribution in [-0.4, -0.2) is 41.2 Å². The Labute approximate surface area is 175 Å². The first kappa shape index (κ1) is 21.4. The number of aliphatic imine (C=N–C) groups is 1. The van der Waals surface area contributed by atoms with Crippen molar-refractivity contribution in [3.63, 3.8) is 0 Å². The summed E-state index contributed by atoms with van der Waals surface area (Å²) in [5, 5.41) is 15.4. The first-order chi connectivity index (χ1) is 14.0. The van der Waals surface area contributed by atoms with Crippen LogP contribution >= 0.6 is 11.6 Å². The number of hydrogen-bond acceptors (Lipinski definition) is 5. The predicted molar refractivity (Wildman–Crippen MR) is 118 cm³/mol. The van der Waals surface area contributed by atoms with Crippen molar-refractivity contribution in [1.29, 1.82) is 0 Å². The van der Waals surface area contributed by atoms with Gasteiger partial charge in [0.05, 0.1) is 17.5 Å². The van der Waals surface area contributed by atoms with Gasteiger partial charge in [0.25, 0.3) is 5.56 Å². The van der Waals surface area contributed by atoms with E-state index in [0.717, 1.165) is 31.6 Å². The van der Waals surface area contributed by atoms with Gasteiger partial charge in [-0.05, 0) is 43.2 Å². The van der Waals surface area contributed by atoms with Crippen molar-refractivity contribution in [1.82, 2.24) is 10.3 Å². The number of aliphatic hydroxyl groups is 1. The molecule has 2 fully saturated rings. The van der Waals surface area contributed by atoms with Crippen LogP contribution in [0, 0.1) is 0 Å². The average Bonchev–Trinajstić information content (AvgIpc) is 2.69. The average molecular weight is 418 g/mol. The fourth-order valence-corrected chi connectivity index (χ4v) is 3.43. The van der Waals surface area contributed by atoms with E-state index >= 15 is 0 Å². The summed E-state index contributed by atoms with van der Waals surface area (Å²) in [6, 6.07) is 9.23. The van der Waals surface area contributed by atoms with Crippen LogP contribution in [0.15, 0.2) is 46.3 Å². The Hall–Kier alpha value is -2.35. The number of hydrogen-bond donors (Lipinski definition) is 5. The summed E-state index contributed by atoms with van der Waals surface area (Å²) in [7, 11) is 0. The molecule has 1 aliphatic carbocycles. The maximum absolute atomic E-state index is 12.3. The van der Waals surface area contributed by atoms with E-state index in [9.17, 15) is 4.79 Å². The fraction of sp³-hybridized carbons (Fsp3) is 0.429. The molecule has 0 bridgehead atoms. The number of H-pyrrole nitrogens is 1. The molecule has 4 rings (SSSR count). The first-order valence-electron chi connectivity index (χ1n) is 10.00. The molecule has 2 heterocycles. The summed E-state index contributed by atoms with van der Waals surface area (Å²) in [5.74, 6) is 0.192. The largest absolute Gasteiger partial charge is 0.390 e. The number of β-amino-alcohol motifs (C(OH)–C–C–N with tert-alkyl or cyclic N) is 1. The molecule has 2 aliphatic rings. The SMILES string of the molecule is NC(=Nc1ccc(Cl)cc1)c1c(NC2CCCCC2)cc[nH]c1=O.OC1CNC1. The Morgan fingerprint density at radius 3 is 2.38 bits per heavy atom. The summed E-state index contributed by atoms with van der Waals surface area (Å²) in [6.07, 6.45) is 7.51. The zero-order valence-corrected chi connectivity index (χ0v) is 17.1. The van der Waals surface area contributed by atoms with E-state index < -0.39 is 0 Å². The molecule has 7 nitrogen and oxygen atoms in total. The normalized spacial score (nSPS) is 17.8. The lowest BCUT2D eigenvalue weighted by atomic mass is 9.95. The molecule has 0 amide bonds. The molecule has 1 aromatic carbocycles. The predicted octanol–water partition coefficient (Wildman–Crippen LogP) is 2.76. The summed E-state index contributed by atoms with van der Waals surface area (Å²) >= 11 is 5.88. The second-order valence-corrected chi connectivity index (χ2v) is 7.80. The highest BCUT2D eigenvalue weighted by atomic mass is 35.5. The van der Waals surface area contributed by atoms with Gasteiger partial charge in [0.2, 0.25) is 0 Å². The van der Waals surface area contributed by atoms with Crippen molar-refractivity contribution in [3.8, 4) is 0 Å². The Kier molecular flexibility index (Phi) is 7.69. The summed E-state index contributed by atoms with van der Waals surface area (Å²) < 4.78 is 0. The van der Waals surface area contributed by atoms with E-state index in [1.807, 2.05) is 6.07 Å². The van der Waals surface area contributed by atoms with E-state index in [1.54, 1.807) is 30.5 Å². The maximum Gasteiger partial charge on any atom is 0.261 e. The third-order valence-electron chi connectivity index (χ3n) is 5.02. The van der Waals surface area contributed by atoms with E-state index in [2.05, 4.69) is 20.6 Å². The smallest absolute Gasteiger partial charge is 0.261 e. The van der Waals surface area contributed by atoms with Crippen LogP contribution in [0.25, 0.3) is 0 Å². The van der Waals surface area contributed by atoms with Gasteiger partial charge < -0.3 is 26.5 Å². The standard InChI is InChI=1S/C18H21ClN4O.C3H7NO/c19-12-6-8-14(9-7-12)23-17(20)16-15(10-11-21-18(16)24)22-13-4-2-1-3-5-13;5-3-1-4-2-3/h6-11,13H,1-5H2,(H2,20,23)(H2,21,22,24);3-5H,1-2H2. The third kappa shape index (κ3) is 6.32. The Morgan fingerprint density at radius 1 is 1.14 bits per heavy atom. The molecular weight excluding hydrogens is 390 g/mol. The molecule has 2 aromatic rings. The molecule has 8 heteroatoms. The summed E-state index contributed by atoms with van der Waals surface area (Å²) in [6.45, 7) is 1.58. The number of aromatic amines is 1. The van der Waals surface area contributed by atoms with Crippen LogP contribution in [-0.2, 0) is 0 Å². The number of benzene rings is 1. The number of rotatable bonds is 4. The monoisotopic (exact) mass is 417 g/mol. The number of amidine groups is 1. The minimum Gasteiger partial charge on any atom is -0.390 e. The van der Waals surface area contributed by atoms with Gasteiger partial charge in [0.15, 0.2) is 0 Å². The molecule has 6 N–H and O–H groups in total. The van der Waals surface area contributed by atoms with Crippen LogP contribution in [0.2, 0.25) is 5.02 Å². The van der Waals surface area contributed by atoms with Crippen LogP contribution in [0.1, 0.15) is 37.7 Å². The van der Waals surface area contributed by atoms with Crippen molar-refractivity contribution >= 4 is 28.8 Å². The van der Waals surface area contributed by atoms with Crippen LogP contribution in [0.4, 0.5) is 11.4 Å². The quantitative estimate of drug-likeness (QED) is 0.387. The van der Waals surface area contributed by atoms with Gasteiger partial charge in [-0.25, -0.2) is 4.99 Å². The van der Waals surface area contributed by atoms with Gasteiger partial charge in [-0.2, -0.15) is 0 Å². The molecule has 29 heavy (non-hydrogen) atoms. The van der Waals surface area contributed by atoms with Gasteiger partial charge in [-0.3, -0.25) is 4.79 Å². The number of halogens is 1. The van der Waals surface area contributed by atoms with Crippen molar-refractivity contribution in [2.45, 2.75) is 44.2 Å². The lowest BCUT2D eigenvalue weighted by Crippen LogP contribution is -2.46. The minimum absolute atomic E-state index is 0.0463. The zero-order chi connectivity index (χ0) is 20.6. The summed E-state index contributed by atoms with van der Waals surface area (Å²) in [5.41, 5.74) is 7.66. The highest BCUT2D eigenvalue weighted by Crippen LogP contribution is 2.23. The zero-order valence-electron chi connectivity index (χ0n) is 16.3. The van der Waals surface area contributed by atoms with E-state index in [0.29, 0.717) is 22.3 Å². The number of aromatic nitrogens is 1. The molecule has 1 saturated heterocycles. The molecule has 1 aromatic heterocycles. The van der Waals surface area contributed by atoms with Gasteiger partial charge in [0.1, 0.15) is 11.4 Å². The Balaban J connectivity index is 0.000000419. The lowest BCUT2D eigenvalue weighted by Gasteiger charge is -2.24. The third-order valence-corrected chi connectivity index (χ3v) is 5.27. The second-order valence-electron chi connectivity index (χ2n) is 7.36. The van der Waals surface area contributed by atoms with Crippen LogP contribution < -0.4 is 21.9 Å². The molecule has 156 valence electrons. The van der Waals surface area contributed by atoms with Gasteiger partial charge >= 0.3 is 0 Å². The highest BCUT2D eigenvalue weighted by molar-refractivity contribution is 6.30. The van der Waals surface area contributed by atoms with Crippen molar-refractivity contribution in [3.05, 3.63) is 57.5 Å². The van der Waals surface area contributed by atoms with Crippen LogP contribution in [0.5, 0.6) is 0 Å². The molecule has 0 unspecified atom stereocenters. The number of nitrogens with one attached hydrogen (secondary N) is 3. The molecular formula is C21H28ClN5O2. The Bertz CT molecular complexity index is 871. The number of nitrogens with zero attached hydrogens (tertiary/aromatic N) is 1. The topological polar surface area (TPSA) is 116 Å². The van der Waals surface area contributed by atoms with E-state index in [4.69, 9.17) is 22.4 Å². The first-order valence-corrected chi connectivity index (χ1v) is 10.4. The van der Waals surface area contributed by atoms with Gasteiger partial charge in [0, 0.05) is 30.4 Å². The van der Waals surface area contributed by atoms with Crippen LogP contribution in [0.3, 0.4) is 0 Å². The molecule has 1 saturated carbocycles. The molecule has 0 radical (unpaired) electrons. The lowest BCUT2D eigenvalue weighted by molar-refractivity contribution is 0.117. The molecule has 0 spiro atoms. The van der Waals surface area contributed by atoms with E-state index in [-0.39, 0.29) is 17.5 Å². The summed E-state index contributed by atoms with van der Waals surface area (Å²) in [4.78, 5) is 19.3. The van der Waals surface area contributed by atoms with Gasteiger partial charge in [-0.15, -0.1) is 0 Å². The van der Waals surface area contributed by atoms with Crippen molar-refractivity contribution in [2.24, 2.45) is 10.7 Å². The number of pyridine rings is 1. The number of nitrogens with two attached hydrogens (primary N) is 1. The fourth-order valence-electron chi connectivity index (χ4n) is 3.30. The maximum atomic E-state index is 12.3. The van der Waals surface area contributed by atoms with Gasteiger partial charge in [-0.1, -0.05) is 30.9 Å². The number of anilines is 1. The number of aliphatic hydroxyl groups excluding tert-OH is 1. The Morgan fingerprint density at radius 2 is 1.79 bits per heavy atom. The highest BCUT2D eigenvalue weighted by Gasteiger charge is 2.17. The minimum atomic E-state index is -0.244. The molecule has 0 atom stereocenters.